The van der Waals surface area contributed by atoms with Gasteiger partial charge in [-0.15, -0.1) is 0 Å². The van der Waals surface area contributed by atoms with Gasteiger partial charge in [0.1, 0.15) is 17.3 Å². The smallest absolute Gasteiger partial charge is 0.131 e. The molecule has 0 aromatic heterocycles. The summed E-state index contributed by atoms with van der Waals surface area (Å²) >= 11 is 0. The second-order valence-electron chi connectivity index (χ2n) is 4.73. The largest absolute Gasteiger partial charge is 0.457 e. The molecule has 0 heterocycles. The summed E-state index contributed by atoms with van der Waals surface area (Å²) in [4.78, 5) is 11.2. The molecule has 0 bridgehead atoms. The van der Waals surface area contributed by atoms with E-state index >= 15 is 0 Å². The van der Waals surface area contributed by atoms with Gasteiger partial charge >= 0.3 is 0 Å². The lowest BCUT2D eigenvalue weighted by Gasteiger charge is -2.15. The van der Waals surface area contributed by atoms with E-state index in [2.05, 4.69) is 5.32 Å². The van der Waals surface area contributed by atoms with Crippen molar-refractivity contribution in [2.24, 2.45) is 0 Å². The molecule has 0 fully saturated rings. The maximum atomic E-state index is 11.2. The summed E-state index contributed by atoms with van der Waals surface area (Å²) in [7, 11) is 1.86. The molecule has 104 valence electrons. The highest BCUT2D eigenvalue weighted by molar-refractivity contribution is 5.76. The summed E-state index contributed by atoms with van der Waals surface area (Å²) in [5.41, 5.74) is 1.09. The van der Waals surface area contributed by atoms with Crippen LogP contribution in [0.25, 0.3) is 0 Å². The average molecular weight is 269 g/mol. The van der Waals surface area contributed by atoms with Gasteiger partial charge in [-0.25, -0.2) is 0 Å². The first-order valence-electron chi connectivity index (χ1n) is 6.68. The molecule has 0 aliphatic heterocycles. The average Bonchev–Trinajstić information content (AvgIpc) is 2.46. The summed E-state index contributed by atoms with van der Waals surface area (Å²) in [6, 6.07) is 17.5. The standard InChI is InChI=1S/C17H19NO2/c1-13(19)12-17(18-2)14-8-10-16(11-9-14)20-15-6-4-3-5-7-15/h3-11,17-18H,12H2,1-2H3. The van der Waals surface area contributed by atoms with Crippen molar-refractivity contribution in [2.45, 2.75) is 19.4 Å². The number of rotatable bonds is 6. The fourth-order valence-corrected chi connectivity index (χ4v) is 2.07. The Morgan fingerprint density at radius 2 is 1.65 bits per heavy atom. The van der Waals surface area contributed by atoms with E-state index in [4.69, 9.17) is 4.74 Å². The second-order valence-corrected chi connectivity index (χ2v) is 4.73. The van der Waals surface area contributed by atoms with E-state index < -0.39 is 0 Å². The Labute approximate surface area is 119 Å². The van der Waals surface area contributed by atoms with Crippen LogP contribution < -0.4 is 10.1 Å². The van der Waals surface area contributed by atoms with Gasteiger partial charge in [-0.05, 0) is 43.8 Å². The van der Waals surface area contributed by atoms with Crippen LogP contribution in [-0.4, -0.2) is 12.8 Å². The molecule has 3 nitrogen and oxygen atoms in total. The topological polar surface area (TPSA) is 38.3 Å². The molecule has 3 heteroatoms. The second kappa shape index (κ2) is 6.87. The molecule has 2 aromatic carbocycles. The van der Waals surface area contributed by atoms with Gasteiger partial charge in [0.2, 0.25) is 0 Å². The molecule has 0 saturated carbocycles. The third-order valence-corrected chi connectivity index (χ3v) is 3.10. The number of hydrogen-bond donors (Lipinski definition) is 1. The highest BCUT2D eigenvalue weighted by atomic mass is 16.5. The Balaban J connectivity index is 2.07. The molecule has 2 aromatic rings. The van der Waals surface area contributed by atoms with Crippen LogP contribution in [0.4, 0.5) is 0 Å². The number of para-hydroxylation sites is 1. The molecule has 1 N–H and O–H groups in total. The summed E-state index contributed by atoms with van der Waals surface area (Å²) in [5.74, 6) is 1.78. The normalized spacial score (nSPS) is 11.9. The van der Waals surface area contributed by atoms with E-state index in [0.29, 0.717) is 6.42 Å². The Bertz CT molecular complexity index is 549. The summed E-state index contributed by atoms with van der Waals surface area (Å²) in [6.45, 7) is 1.61. The minimum Gasteiger partial charge on any atom is -0.457 e. The molecule has 0 radical (unpaired) electrons. The van der Waals surface area contributed by atoms with E-state index in [1.165, 1.54) is 0 Å². The fraction of sp³-hybridized carbons (Fsp3) is 0.235. The predicted molar refractivity (Wildman–Crippen MR) is 80.1 cm³/mol. The highest BCUT2D eigenvalue weighted by Crippen LogP contribution is 2.24. The summed E-state index contributed by atoms with van der Waals surface area (Å²) in [6.07, 6.45) is 0.495. The van der Waals surface area contributed by atoms with E-state index in [1.54, 1.807) is 6.92 Å². The lowest BCUT2D eigenvalue weighted by molar-refractivity contribution is -0.117. The molecule has 0 amide bonds. The number of nitrogens with one attached hydrogen (secondary N) is 1. The van der Waals surface area contributed by atoms with E-state index in [0.717, 1.165) is 17.1 Å². The van der Waals surface area contributed by atoms with Crippen LogP contribution in [0.2, 0.25) is 0 Å². The van der Waals surface area contributed by atoms with Crippen molar-refractivity contribution in [2.75, 3.05) is 7.05 Å². The maximum Gasteiger partial charge on any atom is 0.131 e. The van der Waals surface area contributed by atoms with Crippen LogP contribution in [0.5, 0.6) is 11.5 Å². The van der Waals surface area contributed by atoms with Crippen molar-refractivity contribution < 1.29 is 9.53 Å². The number of Topliss-reactive ketones (excluding diaryl/α,β-unsaturated/α-hetero) is 1. The van der Waals surface area contributed by atoms with Crippen molar-refractivity contribution in [3.63, 3.8) is 0 Å². The van der Waals surface area contributed by atoms with Gasteiger partial charge in [-0.2, -0.15) is 0 Å². The molecule has 20 heavy (non-hydrogen) atoms. The molecule has 0 aliphatic rings. The first-order valence-corrected chi connectivity index (χ1v) is 6.68. The molecular weight excluding hydrogens is 250 g/mol. The molecule has 1 unspecified atom stereocenters. The van der Waals surface area contributed by atoms with Crippen molar-refractivity contribution >= 4 is 5.78 Å². The van der Waals surface area contributed by atoms with Crippen LogP contribution in [-0.2, 0) is 4.79 Å². The van der Waals surface area contributed by atoms with E-state index in [-0.39, 0.29) is 11.8 Å². The van der Waals surface area contributed by atoms with E-state index in [1.807, 2.05) is 61.6 Å². The first kappa shape index (κ1) is 14.3. The zero-order valence-corrected chi connectivity index (χ0v) is 11.8. The minimum atomic E-state index is 0.0540. The van der Waals surface area contributed by atoms with Crippen molar-refractivity contribution in [1.29, 1.82) is 0 Å². The maximum absolute atomic E-state index is 11.2. The Kier molecular flexibility index (Phi) is 4.91. The number of ketones is 1. The van der Waals surface area contributed by atoms with E-state index in [9.17, 15) is 4.79 Å². The Morgan fingerprint density at radius 3 is 2.20 bits per heavy atom. The van der Waals surface area contributed by atoms with Gasteiger partial charge in [0.05, 0.1) is 0 Å². The van der Waals surface area contributed by atoms with Gasteiger partial charge in [0.15, 0.2) is 0 Å². The number of ether oxygens (including phenoxy) is 1. The van der Waals surface area contributed by atoms with Gasteiger partial charge in [0, 0.05) is 12.5 Å². The van der Waals surface area contributed by atoms with Crippen LogP contribution in [0.15, 0.2) is 54.6 Å². The molecule has 0 saturated heterocycles. The van der Waals surface area contributed by atoms with Crippen LogP contribution >= 0.6 is 0 Å². The Hall–Kier alpha value is -2.13. The fourth-order valence-electron chi connectivity index (χ4n) is 2.07. The lowest BCUT2D eigenvalue weighted by atomic mass is 10.0. The molecule has 0 aliphatic carbocycles. The van der Waals surface area contributed by atoms with Crippen LogP contribution in [0.1, 0.15) is 24.9 Å². The van der Waals surface area contributed by atoms with Gasteiger partial charge in [0.25, 0.3) is 0 Å². The Morgan fingerprint density at radius 1 is 1.05 bits per heavy atom. The van der Waals surface area contributed by atoms with Gasteiger partial charge in [-0.1, -0.05) is 30.3 Å². The van der Waals surface area contributed by atoms with Crippen molar-refractivity contribution in [3.05, 3.63) is 60.2 Å². The molecule has 0 spiro atoms. The molecule has 2 rings (SSSR count). The zero-order valence-electron chi connectivity index (χ0n) is 11.8. The molecule has 1 atom stereocenters. The van der Waals surface area contributed by atoms with Crippen LogP contribution in [0.3, 0.4) is 0 Å². The number of carbonyl (C=O) groups excluding carboxylic acids is 1. The van der Waals surface area contributed by atoms with Gasteiger partial charge in [-0.3, -0.25) is 4.79 Å². The minimum absolute atomic E-state index is 0.0540. The molecular formula is C17H19NO2. The third-order valence-electron chi connectivity index (χ3n) is 3.10. The number of hydrogen-bond acceptors (Lipinski definition) is 3. The summed E-state index contributed by atoms with van der Waals surface area (Å²) < 4.78 is 5.74. The quantitative estimate of drug-likeness (QED) is 0.868. The zero-order chi connectivity index (χ0) is 14.4. The van der Waals surface area contributed by atoms with Crippen molar-refractivity contribution in [1.82, 2.24) is 5.32 Å². The lowest BCUT2D eigenvalue weighted by Crippen LogP contribution is -2.18. The first-order chi connectivity index (χ1) is 9.69. The monoisotopic (exact) mass is 269 g/mol. The van der Waals surface area contributed by atoms with Gasteiger partial charge < -0.3 is 10.1 Å². The van der Waals surface area contributed by atoms with Crippen molar-refractivity contribution in [3.8, 4) is 11.5 Å². The predicted octanol–water partition coefficient (Wildman–Crippen LogP) is 3.72. The number of carbonyl (C=O) groups is 1. The third kappa shape index (κ3) is 3.93. The van der Waals surface area contributed by atoms with Crippen LogP contribution in [0, 0.1) is 0 Å². The summed E-state index contributed by atoms with van der Waals surface area (Å²) in [5, 5.41) is 3.16. The highest BCUT2D eigenvalue weighted by Gasteiger charge is 2.11. The number of benzene rings is 2. The SMILES string of the molecule is CNC(CC(C)=O)c1ccc(Oc2ccccc2)cc1.